The highest BCUT2D eigenvalue weighted by atomic mass is 16.6. The average Bonchev–Trinajstić information content (AvgIpc) is 2.63. The minimum Gasteiger partial charge on any atom is -0.488 e. The molecule has 28 heavy (non-hydrogen) atoms. The van der Waals surface area contributed by atoms with E-state index in [9.17, 15) is 9.59 Å². The van der Waals surface area contributed by atoms with Gasteiger partial charge in [-0.2, -0.15) is 5.10 Å². The molecule has 0 saturated carbocycles. The molecule has 1 heterocycles. The number of fused-ring (bicyclic) bond motifs is 1. The van der Waals surface area contributed by atoms with Crippen molar-refractivity contribution in [1.29, 1.82) is 0 Å². The van der Waals surface area contributed by atoms with Crippen molar-refractivity contribution < 1.29 is 19.1 Å². The van der Waals surface area contributed by atoms with Gasteiger partial charge in [0.2, 0.25) is 5.91 Å². The van der Waals surface area contributed by atoms with Gasteiger partial charge in [-0.1, -0.05) is 24.6 Å². The number of amides is 2. The zero-order valence-electron chi connectivity index (χ0n) is 16.8. The Hall–Kier alpha value is -2.83. The summed E-state index contributed by atoms with van der Waals surface area (Å²) >= 11 is 0. The second-order valence-electron chi connectivity index (χ2n) is 7.58. The molecule has 2 N–H and O–H groups in total. The van der Waals surface area contributed by atoms with Gasteiger partial charge in [0.25, 0.3) is 0 Å². The van der Waals surface area contributed by atoms with E-state index in [1.54, 1.807) is 6.21 Å². The van der Waals surface area contributed by atoms with E-state index >= 15 is 0 Å². The van der Waals surface area contributed by atoms with E-state index in [4.69, 9.17) is 9.47 Å². The molecular weight excluding hydrogens is 358 g/mol. The number of hydrogen-bond acceptors (Lipinski definition) is 5. The lowest BCUT2D eigenvalue weighted by Gasteiger charge is -2.19. The molecule has 152 valence electrons. The van der Waals surface area contributed by atoms with Crippen molar-refractivity contribution in [3.05, 3.63) is 35.4 Å². The van der Waals surface area contributed by atoms with E-state index in [1.807, 2.05) is 51.1 Å². The molecule has 1 aliphatic rings. The summed E-state index contributed by atoms with van der Waals surface area (Å²) in [5, 5.41) is 6.70. The van der Waals surface area contributed by atoms with Crippen LogP contribution in [0, 0.1) is 0 Å². The molecule has 1 aromatic rings. The number of nitrogens with zero attached hydrogens (tertiary/aromatic N) is 1. The van der Waals surface area contributed by atoms with Crippen LogP contribution < -0.4 is 15.5 Å². The Kier molecular flexibility index (Phi) is 8.04. The van der Waals surface area contributed by atoms with Gasteiger partial charge >= 0.3 is 6.09 Å². The summed E-state index contributed by atoms with van der Waals surface area (Å²) in [6.45, 7) is 6.44. The Bertz CT molecular complexity index is 735. The summed E-state index contributed by atoms with van der Waals surface area (Å²) in [7, 11) is 0. The SMILES string of the molecule is CC(C)(C)OC(=O)NCCCCCC(=O)N/N=C/C1=Cc2ccccc2OC1. The third-order valence-corrected chi connectivity index (χ3v) is 3.82. The molecular formula is C21H29N3O4. The highest BCUT2D eigenvalue weighted by Crippen LogP contribution is 2.24. The topological polar surface area (TPSA) is 89.0 Å². The summed E-state index contributed by atoms with van der Waals surface area (Å²) < 4.78 is 10.8. The lowest BCUT2D eigenvalue weighted by Crippen LogP contribution is -2.33. The standard InChI is InChI=1S/C21H29N3O4/c1-21(2,3)28-20(26)22-12-8-4-5-11-19(25)24-23-14-16-13-17-9-6-7-10-18(17)27-15-16/h6-7,9-10,13-14H,4-5,8,11-12,15H2,1-3H3,(H,22,26)(H,24,25)/b23-14+. The smallest absolute Gasteiger partial charge is 0.407 e. The first-order valence-electron chi connectivity index (χ1n) is 9.55. The second kappa shape index (κ2) is 10.5. The van der Waals surface area contributed by atoms with Gasteiger partial charge in [0.05, 0.1) is 6.21 Å². The number of rotatable bonds is 8. The zero-order valence-corrected chi connectivity index (χ0v) is 16.8. The molecule has 7 heteroatoms. The van der Waals surface area contributed by atoms with Gasteiger partial charge in [-0.3, -0.25) is 4.79 Å². The molecule has 1 aromatic carbocycles. The van der Waals surface area contributed by atoms with E-state index in [1.165, 1.54) is 0 Å². The minimum atomic E-state index is -0.494. The summed E-state index contributed by atoms with van der Waals surface area (Å²) in [5.41, 5.74) is 3.94. The number of ether oxygens (including phenoxy) is 2. The number of unbranched alkanes of at least 4 members (excludes halogenated alkanes) is 2. The van der Waals surface area contributed by atoms with Gasteiger partial charge in [0.1, 0.15) is 18.0 Å². The van der Waals surface area contributed by atoms with Crippen LogP contribution in [0.2, 0.25) is 0 Å². The number of benzene rings is 1. The van der Waals surface area contributed by atoms with Crippen LogP contribution in [0.25, 0.3) is 6.08 Å². The molecule has 0 radical (unpaired) electrons. The number of carbonyl (C=O) groups is 2. The number of alkyl carbamates (subject to hydrolysis) is 1. The number of nitrogens with one attached hydrogen (secondary N) is 2. The number of carbonyl (C=O) groups excluding carboxylic acids is 2. The number of hydrogen-bond donors (Lipinski definition) is 2. The first-order valence-corrected chi connectivity index (χ1v) is 9.55. The van der Waals surface area contributed by atoms with Crippen LogP contribution in [0.5, 0.6) is 5.75 Å². The summed E-state index contributed by atoms with van der Waals surface area (Å²) in [5.74, 6) is 0.721. The molecule has 1 aliphatic heterocycles. The number of para-hydroxylation sites is 1. The van der Waals surface area contributed by atoms with Gasteiger partial charge in [0.15, 0.2) is 0 Å². The Morgan fingerprint density at radius 3 is 2.79 bits per heavy atom. The Morgan fingerprint density at radius 2 is 2.00 bits per heavy atom. The molecule has 0 atom stereocenters. The monoisotopic (exact) mass is 387 g/mol. The number of hydrazone groups is 1. The lowest BCUT2D eigenvalue weighted by atomic mass is 10.1. The molecule has 0 unspecified atom stereocenters. The van der Waals surface area contributed by atoms with Crippen LogP contribution in [0.4, 0.5) is 4.79 Å². The Morgan fingerprint density at radius 1 is 1.21 bits per heavy atom. The molecule has 0 aliphatic carbocycles. The average molecular weight is 387 g/mol. The molecule has 2 rings (SSSR count). The van der Waals surface area contributed by atoms with Crippen LogP contribution in [0.3, 0.4) is 0 Å². The summed E-state index contributed by atoms with van der Waals surface area (Å²) in [6.07, 6.45) is 5.94. The minimum absolute atomic E-state index is 0.130. The van der Waals surface area contributed by atoms with Crippen molar-refractivity contribution in [3.63, 3.8) is 0 Å². The summed E-state index contributed by atoms with van der Waals surface area (Å²) in [6, 6.07) is 7.77. The van der Waals surface area contributed by atoms with E-state index in [2.05, 4.69) is 15.8 Å². The van der Waals surface area contributed by atoms with E-state index < -0.39 is 11.7 Å². The lowest BCUT2D eigenvalue weighted by molar-refractivity contribution is -0.121. The van der Waals surface area contributed by atoms with Crippen LogP contribution >= 0.6 is 0 Å². The van der Waals surface area contributed by atoms with Crippen molar-refractivity contribution in [2.24, 2.45) is 5.10 Å². The Labute approximate surface area is 166 Å². The zero-order chi connectivity index (χ0) is 20.4. The van der Waals surface area contributed by atoms with Gasteiger partial charge < -0.3 is 14.8 Å². The van der Waals surface area contributed by atoms with Crippen LogP contribution in [-0.4, -0.2) is 37.0 Å². The fraction of sp³-hybridized carbons (Fsp3) is 0.476. The van der Waals surface area contributed by atoms with E-state index in [-0.39, 0.29) is 5.91 Å². The van der Waals surface area contributed by atoms with Crippen LogP contribution in [0.1, 0.15) is 52.0 Å². The quantitative estimate of drug-likeness (QED) is 0.405. The first-order chi connectivity index (χ1) is 13.3. The summed E-state index contributed by atoms with van der Waals surface area (Å²) in [4.78, 5) is 23.3. The second-order valence-corrected chi connectivity index (χ2v) is 7.58. The predicted octanol–water partition coefficient (Wildman–Crippen LogP) is 3.65. The Balaban J connectivity index is 1.57. The first kappa shape index (κ1) is 21.5. The van der Waals surface area contributed by atoms with Gasteiger partial charge in [0, 0.05) is 24.1 Å². The van der Waals surface area contributed by atoms with Crippen LogP contribution in [-0.2, 0) is 9.53 Å². The normalized spacial score (nSPS) is 13.3. The third-order valence-electron chi connectivity index (χ3n) is 3.82. The molecule has 2 amide bonds. The van der Waals surface area contributed by atoms with Crippen LogP contribution in [0.15, 0.2) is 34.9 Å². The molecule has 0 saturated heterocycles. The molecule has 7 nitrogen and oxygen atoms in total. The van der Waals surface area contributed by atoms with Gasteiger partial charge in [-0.15, -0.1) is 0 Å². The van der Waals surface area contributed by atoms with Gasteiger partial charge in [-0.05, 0) is 45.8 Å². The highest BCUT2D eigenvalue weighted by molar-refractivity contribution is 5.88. The molecule has 0 spiro atoms. The van der Waals surface area contributed by atoms with Crippen molar-refractivity contribution in [2.45, 2.75) is 52.1 Å². The largest absolute Gasteiger partial charge is 0.488 e. The fourth-order valence-electron chi connectivity index (χ4n) is 2.54. The maximum absolute atomic E-state index is 11.8. The van der Waals surface area contributed by atoms with E-state index in [0.717, 1.165) is 36.1 Å². The molecule has 0 aromatic heterocycles. The maximum atomic E-state index is 11.8. The highest BCUT2D eigenvalue weighted by Gasteiger charge is 2.15. The fourth-order valence-corrected chi connectivity index (χ4v) is 2.54. The van der Waals surface area contributed by atoms with Crippen molar-refractivity contribution in [1.82, 2.24) is 10.7 Å². The van der Waals surface area contributed by atoms with E-state index in [0.29, 0.717) is 19.6 Å². The van der Waals surface area contributed by atoms with Crippen molar-refractivity contribution in [2.75, 3.05) is 13.2 Å². The molecule has 0 fully saturated rings. The third kappa shape index (κ3) is 8.24. The predicted molar refractivity (Wildman–Crippen MR) is 109 cm³/mol. The molecule has 0 bridgehead atoms. The maximum Gasteiger partial charge on any atom is 0.407 e. The van der Waals surface area contributed by atoms with Crippen molar-refractivity contribution in [3.8, 4) is 5.75 Å². The van der Waals surface area contributed by atoms with Crippen molar-refractivity contribution >= 4 is 24.3 Å². The van der Waals surface area contributed by atoms with Gasteiger partial charge in [-0.25, -0.2) is 10.2 Å².